The fourth-order valence-electron chi connectivity index (χ4n) is 2.97. The molecule has 0 saturated heterocycles. The fourth-order valence-corrected chi connectivity index (χ4v) is 2.97. The quantitative estimate of drug-likeness (QED) is 0.755. The average molecular weight is 252 g/mol. The number of hydrogen-bond acceptors (Lipinski definition) is 2. The minimum absolute atomic E-state index is 0.0321. The summed E-state index contributed by atoms with van der Waals surface area (Å²) in [4.78, 5) is 12.4. The van der Waals surface area contributed by atoms with Gasteiger partial charge in [-0.2, -0.15) is 0 Å². The van der Waals surface area contributed by atoms with Gasteiger partial charge in [0.25, 0.3) is 0 Å². The summed E-state index contributed by atoms with van der Waals surface area (Å²) in [5.41, 5.74) is 6.09. The van der Waals surface area contributed by atoms with Gasteiger partial charge < -0.3 is 11.1 Å². The number of carbonyl (C=O) groups excluding carboxylic acids is 1. The topological polar surface area (TPSA) is 55.1 Å². The molecule has 0 bridgehead atoms. The maximum absolute atomic E-state index is 12.4. The molecule has 18 heavy (non-hydrogen) atoms. The lowest BCUT2D eigenvalue weighted by molar-refractivity contribution is -0.133. The molecule has 1 aliphatic rings. The van der Waals surface area contributed by atoms with Gasteiger partial charge in [0, 0.05) is 18.0 Å². The molecule has 0 aromatic rings. The lowest BCUT2D eigenvalue weighted by Gasteiger charge is -2.46. The Hall–Kier alpha value is -0.830. The van der Waals surface area contributed by atoms with Gasteiger partial charge in [-0.1, -0.05) is 26.8 Å². The molecule has 1 amide bonds. The lowest BCUT2D eigenvalue weighted by Crippen LogP contribution is -2.52. The van der Waals surface area contributed by atoms with E-state index in [-0.39, 0.29) is 29.3 Å². The highest BCUT2D eigenvalue weighted by Gasteiger charge is 2.45. The summed E-state index contributed by atoms with van der Waals surface area (Å²) in [6, 6.07) is 0.381. The second-order valence-electron chi connectivity index (χ2n) is 6.34. The van der Waals surface area contributed by atoms with E-state index in [1.165, 1.54) is 0 Å². The summed E-state index contributed by atoms with van der Waals surface area (Å²) in [5.74, 6) is 0.615. The predicted molar refractivity (Wildman–Crippen MR) is 76.1 cm³/mol. The third-order valence-electron chi connectivity index (χ3n) is 4.73. The van der Waals surface area contributed by atoms with Crippen LogP contribution in [0.25, 0.3) is 0 Å². The third kappa shape index (κ3) is 3.14. The first kappa shape index (κ1) is 15.2. The maximum atomic E-state index is 12.4. The minimum Gasteiger partial charge on any atom is -0.353 e. The number of carbonyl (C=O) groups is 1. The van der Waals surface area contributed by atoms with Crippen molar-refractivity contribution in [1.29, 1.82) is 0 Å². The molecule has 1 rings (SSSR count). The van der Waals surface area contributed by atoms with Crippen LogP contribution in [-0.2, 0) is 4.79 Å². The van der Waals surface area contributed by atoms with Crippen LogP contribution in [0.3, 0.4) is 0 Å². The Balaban J connectivity index is 2.70. The van der Waals surface area contributed by atoms with Gasteiger partial charge in [0.2, 0.25) is 5.91 Å². The summed E-state index contributed by atoms with van der Waals surface area (Å²) in [7, 11) is 0. The molecule has 3 heteroatoms. The van der Waals surface area contributed by atoms with Gasteiger partial charge >= 0.3 is 0 Å². The van der Waals surface area contributed by atoms with Crippen molar-refractivity contribution in [3.05, 3.63) is 12.7 Å². The largest absolute Gasteiger partial charge is 0.353 e. The van der Waals surface area contributed by atoms with E-state index in [9.17, 15) is 4.79 Å². The molecule has 0 spiro atoms. The van der Waals surface area contributed by atoms with Crippen molar-refractivity contribution >= 4 is 5.91 Å². The van der Waals surface area contributed by atoms with Crippen LogP contribution in [0.5, 0.6) is 0 Å². The van der Waals surface area contributed by atoms with Crippen LogP contribution < -0.4 is 11.1 Å². The molecule has 1 aliphatic carbocycles. The van der Waals surface area contributed by atoms with Crippen molar-refractivity contribution < 1.29 is 4.79 Å². The van der Waals surface area contributed by atoms with Crippen LogP contribution in [-0.4, -0.2) is 18.0 Å². The first-order valence-electron chi connectivity index (χ1n) is 6.97. The Labute approximate surface area is 111 Å². The van der Waals surface area contributed by atoms with Crippen molar-refractivity contribution in [3.8, 4) is 0 Å². The Kier molecular flexibility index (Phi) is 4.97. The summed E-state index contributed by atoms with van der Waals surface area (Å²) in [6.07, 6.45) is 4.49. The van der Waals surface area contributed by atoms with E-state index < -0.39 is 0 Å². The van der Waals surface area contributed by atoms with Crippen molar-refractivity contribution in [3.63, 3.8) is 0 Å². The third-order valence-corrected chi connectivity index (χ3v) is 4.73. The molecule has 3 N–H and O–H groups in total. The molecule has 0 aromatic heterocycles. The fraction of sp³-hybridized carbons (Fsp3) is 0.800. The Morgan fingerprint density at radius 2 is 2.17 bits per heavy atom. The molecule has 3 nitrogen and oxygen atoms in total. The highest BCUT2D eigenvalue weighted by atomic mass is 16.2. The molecule has 104 valence electrons. The molecule has 0 heterocycles. The standard InChI is InChI=1S/C15H28N2O/c1-6-7-10(2)17-14(18)12-8-9-13(16)11(3)15(12,4)5/h6,10-13H,1,7-9,16H2,2-5H3,(H,17,18). The number of nitrogens with two attached hydrogens (primary N) is 1. The smallest absolute Gasteiger partial charge is 0.223 e. The molecular formula is C15H28N2O. The number of amides is 1. The van der Waals surface area contributed by atoms with Crippen LogP contribution in [0, 0.1) is 17.3 Å². The highest BCUT2D eigenvalue weighted by molar-refractivity contribution is 5.80. The van der Waals surface area contributed by atoms with E-state index >= 15 is 0 Å². The van der Waals surface area contributed by atoms with Gasteiger partial charge in [-0.3, -0.25) is 4.79 Å². The Morgan fingerprint density at radius 3 is 2.72 bits per heavy atom. The zero-order chi connectivity index (χ0) is 13.9. The van der Waals surface area contributed by atoms with Crippen molar-refractivity contribution in [1.82, 2.24) is 5.32 Å². The second-order valence-corrected chi connectivity index (χ2v) is 6.34. The van der Waals surface area contributed by atoms with Crippen LogP contribution in [0.1, 0.15) is 47.0 Å². The summed E-state index contributed by atoms with van der Waals surface area (Å²) in [5, 5.41) is 3.09. The zero-order valence-corrected chi connectivity index (χ0v) is 12.2. The van der Waals surface area contributed by atoms with Crippen LogP contribution in [0.2, 0.25) is 0 Å². The Morgan fingerprint density at radius 1 is 1.56 bits per heavy atom. The molecule has 1 fully saturated rings. The molecule has 0 aliphatic heterocycles. The monoisotopic (exact) mass is 252 g/mol. The molecule has 4 atom stereocenters. The maximum Gasteiger partial charge on any atom is 0.223 e. The number of rotatable bonds is 4. The van der Waals surface area contributed by atoms with Gasteiger partial charge in [-0.05, 0) is 37.5 Å². The van der Waals surface area contributed by atoms with Crippen LogP contribution in [0.4, 0.5) is 0 Å². The van der Waals surface area contributed by atoms with E-state index in [2.05, 4.69) is 32.7 Å². The number of hydrogen-bond donors (Lipinski definition) is 2. The average Bonchev–Trinajstić information content (AvgIpc) is 2.26. The molecule has 1 saturated carbocycles. The Bertz CT molecular complexity index is 312. The summed E-state index contributed by atoms with van der Waals surface area (Å²) >= 11 is 0. The minimum atomic E-state index is -0.0321. The highest BCUT2D eigenvalue weighted by Crippen LogP contribution is 2.44. The van der Waals surface area contributed by atoms with Gasteiger partial charge in [0.1, 0.15) is 0 Å². The van der Waals surface area contributed by atoms with E-state index in [0.29, 0.717) is 5.92 Å². The molecular weight excluding hydrogens is 224 g/mol. The second kappa shape index (κ2) is 5.87. The molecule has 4 unspecified atom stereocenters. The van der Waals surface area contributed by atoms with Gasteiger partial charge in [0.05, 0.1) is 0 Å². The number of nitrogens with one attached hydrogen (secondary N) is 1. The van der Waals surface area contributed by atoms with Gasteiger partial charge in [0.15, 0.2) is 0 Å². The van der Waals surface area contributed by atoms with Crippen molar-refractivity contribution in [2.45, 2.75) is 59.0 Å². The van der Waals surface area contributed by atoms with Gasteiger partial charge in [-0.15, -0.1) is 6.58 Å². The van der Waals surface area contributed by atoms with Crippen LogP contribution in [0.15, 0.2) is 12.7 Å². The first-order valence-corrected chi connectivity index (χ1v) is 6.97. The first-order chi connectivity index (χ1) is 8.30. The van der Waals surface area contributed by atoms with Crippen LogP contribution >= 0.6 is 0 Å². The lowest BCUT2D eigenvalue weighted by atomic mass is 9.61. The normalized spacial score (nSPS) is 32.6. The predicted octanol–water partition coefficient (Wildman–Crippen LogP) is 2.47. The zero-order valence-electron chi connectivity index (χ0n) is 12.2. The van der Waals surface area contributed by atoms with E-state index in [1.807, 2.05) is 13.0 Å². The van der Waals surface area contributed by atoms with Crippen molar-refractivity contribution in [2.24, 2.45) is 23.0 Å². The summed E-state index contributed by atoms with van der Waals surface area (Å²) in [6.45, 7) is 12.2. The van der Waals surface area contributed by atoms with Gasteiger partial charge in [-0.25, -0.2) is 0 Å². The van der Waals surface area contributed by atoms with E-state index in [4.69, 9.17) is 5.73 Å². The summed E-state index contributed by atoms with van der Waals surface area (Å²) < 4.78 is 0. The molecule has 0 aromatic carbocycles. The SMILES string of the molecule is C=CCC(C)NC(=O)C1CCC(N)C(C)C1(C)C. The molecule has 0 radical (unpaired) electrons. The van der Waals surface area contributed by atoms with E-state index in [1.54, 1.807) is 0 Å². The van der Waals surface area contributed by atoms with E-state index in [0.717, 1.165) is 19.3 Å². The van der Waals surface area contributed by atoms with Crippen molar-refractivity contribution in [2.75, 3.05) is 0 Å².